The molecule has 2 aromatic rings. The molecule has 0 spiro atoms. The molecule has 0 heterocycles. The van der Waals surface area contributed by atoms with Gasteiger partial charge in [-0.1, -0.05) is 54.6 Å². The van der Waals surface area contributed by atoms with Crippen molar-refractivity contribution in [3.8, 4) is 0 Å². The molecule has 2 atom stereocenters. The van der Waals surface area contributed by atoms with Crippen LogP contribution in [-0.2, 0) is 14.3 Å². The first-order valence-corrected chi connectivity index (χ1v) is 8.96. The van der Waals surface area contributed by atoms with Gasteiger partial charge in [0.05, 0.1) is 6.61 Å². The second kappa shape index (κ2) is 7.48. The van der Waals surface area contributed by atoms with Crippen LogP contribution in [0.5, 0.6) is 0 Å². The summed E-state index contributed by atoms with van der Waals surface area (Å²) in [6, 6.07) is 14.1. The molecule has 1 N–H and O–H groups in total. The summed E-state index contributed by atoms with van der Waals surface area (Å²) in [5.74, 6) is -4.98. The Bertz CT molecular complexity index is 912. The maximum absolute atomic E-state index is 13.5. The Morgan fingerprint density at radius 2 is 1.46 bits per heavy atom. The van der Waals surface area contributed by atoms with Gasteiger partial charge < -0.3 is 9.84 Å². The first-order valence-electron chi connectivity index (χ1n) is 8.96. The Morgan fingerprint density at radius 1 is 0.964 bits per heavy atom. The lowest BCUT2D eigenvalue weighted by atomic mass is 9.64. The third kappa shape index (κ3) is 2.77. The minimum absolute atomic E-state index is 0.0323. The van der Waals surface area contributed by atoms with Gasteiger partial charge in [-0.3, -0.25) is 19.2 Å². The normalized spacial score (nSPS) is 17.0. The lowest BCUT2D eigenvalue weighted by Gasteiger charge is -2.36. The van der Waals surface area contributed by atoms with E-state index in [1.54, 1.807) is 37.3 Å². The number of ketones is 3. The molecule has 1 aliphatic carbocycles. The van der Waals surface area contributed by atoms with E-state index in [1.165, 1.54) is 24.3 Å². The van der Waals surface area contributed by atoms with Gasteiger partial charge >= 0.3 is 5.97 Å². The number of benzene rings is 2. The van der Waals surface area contributed by atoms with E-state index in [2.05, 4.69) is 0 Å². The zero-order valence-electron chi connectivity index (χ0n) is 15.5. The van der Waals surface area contributed by atoms with Crippen LogP contribution in [0.2, 0.25) is 0 Å². The summed E-state index contributed by atoms with van der Waals surface area (Å²) in [5.41, 5.74) is -1.88. The smallest absolute Gasteiger partial charge is 0.318 e. The Hall–Kier alpha value is -3.12. The molecule has 0 radical (unpaired) electrons. The van der Waals surface area contributed by atoms with Crippen molar-refractivity contribution >= 4 is 23.3 Å². The van der Waals surface area contributed by atoms with E-state index in [-0.39, 0.29) is 23.3 Å². The molecule has 28 heavy (non-hydrogen) atoms. The summed E-state index contributed by atoms with van der Waals surface area (Å²) in [6.07, 6.45) is -1.69. The number of hydrogen-bond acceptors (Lipinski definition) is 6. The van der Waals surface area contributed by atoms with Crippen LogP contribution in [0.25, 0.3) is 0 Å². The molecule has 2 aromatic carbocycles. The van der Waals surface area contributed by atoms with Crippen molar-refractivity contribution in [1.82, 2.24) is 0 Å². The molecule has 6 nitrogen and oxygen atoms in total. The summed E-state index contributed by atoms with van der Waals surface area (Å²) in [6.45, 7) is 2.64. The maximum Gasteiger partial charge on any atom is 0.318 e. The van der Waals surface area contributed by atoms with Gasteiger partial charge in [0.25, 0.3) is 0 Å². The van der Waals surface area contributed by atoms with Crippen LogP contribution in [0.15, 0.2) is 54.6 Å². The molecule has 1 aliphatic rings. The van der Waals surface area contributed by atoms with Crippen molar-refractivity contribution in [1.29, 1.82) is 0 Å². The molecule has 0 amide bonds. The highest BCUT2D eigenvalue weighted by molar-refractivity contribution is 6.33. The Balaban J connectivity index is 2.30. The number of hydrogen-bond donors (Lipinski definition) is 1. The summed E-state index contributed by atoms with van der Waals surface area (Å²) in [7, 11) is 0. The Morgan fingerprint density at radius 3 is 1.93 bits per heavy atom. The van der Waals surface area contributed by atoms with Gasteiger partial charge in [-0.05, 0) is 19.4 Å². The molecule has 3 rings (SSSR count). The summed E-state index contributed by atoms with van der Waals surface area (Å²) < 4.78 is 5.01. The third-order valence-corrected chi connectivity index (χ3v) is 5.10. The van der Waals surface area contributed by atoms with E-state index in [0.29, 0.717) is 0 Å². The first kappa shape index (κ1) is 19.6. The van der Waals surface area contributed by atoms with Crippen molar-refractivity contribution in [3.63, 3.8) is 0 Å². The minimum Gasteiger partial charge on any atom is -0.465 e. The molecule has 144 valence electrons. The van der Waals surface area contributed by atoms with Gasteiger partial charge in [0.1, 0.15) is 23.2 Å². The second-order valence-electron chi connectivity index (χ2n) is 6.68. The Labute approximate surface area is 162 Å². The SMILES string of the molecule is CCOC(=O)[C@H](C(C)=O)C1([C@H](O)c2ccccc2)C(=O)c2ccccc2C1=O. The lowest BCUT2D eigenvalue weighted by Crippen LogP contribution is -2.52. The lowest BCUT2D eigenvalue weighted by molar-refractivity contribution is -0.157. The number of rotatable bonds is 6. The topological polar surface area (TPSA) is 97.7 Å². The molecule has 0 aromatic heterocycles. The summed E-state index contributed by atoms with van der Waals surface area (Å²) >= 11 is 0. The summed E-state index contributed by atoms with van der Waals surface area (Å²) in [5, 5.41) is 11.2. The van der Waals surface area contributed by atoms with Crippen LogP contribution in [0.4, 0.5) is 0 Å². The molecule has 0 unspecified atom stereocenters. The summed E-state index contributed by atoms with van der Waals surface area (Å²) in [4.78, 5) is 52.1. The Kier molecular flexibility index (Phi) is 5.25. The molecule has 0 fully saturated rings. The quantitative estimate of drug-likeness (QED) is 0.611. The van der Waals surface area contributed by atoms with Gasteiger partial charge in [0.15, 0.2) is 11.6 Å². The molecular formula is C22H20O6. The number of ether oxygens (including phenoxy) is 1. The van der Waals surface area contributed by atoms with Gasteiger partial charge in [-0.25, -0.2) is 0 Å². The average Bonchev–Trinajstić information content (AvgIpc) is 2.91. The maximum atomic E-state index is 13.5. The van der Waals surface area contributed by atoms with Crippen molar-refractivity contribution in [2.75, 3.05) is 6.61 Å². The van der Waals surface area contributed by atoms with Crippen LogP contribution in [0, 0.1) is 11.3 Å². The monoisotopic (exact) mass is 380 g/mol. The van der Waals surface area contributed by atoms with Crippen molar-refractivity contribution in [2.45, 2.75) is 20.0 Å². The fourth-order valence-corrected chi connectivity index (χ4v) is 3.89. The van der Waals surface area contributed by atoms with Crippen LogP contribution < -0.4 is 0 Å². The number of carbonyl (C=O) groups is 4. The van der Waals surface area contributed by atoms with E-state index < -0.39 is 40.8 Å². The van der Waals surface area contributed by atoms with Crippen molar-refractivity contribution in [2.24, 2.45) is 11.3 Å². The standard InChI is InChI=1S/C22H20O6/c1-3-28-21(27)17(13(2)23)22(18(24)14-9-5-4-6-10-14)19(25)15-11-7-8-12-16(15)20(22)26/h4-12,17-18,24H,3H2,1-2H3/t17-,18+/m0/s1. The van der Waals surface area contributed by atoms with Gasteiger partial charge in [0, 0.05) is 11.1 Å². The van der Waals surface area contributed by atoms with E-state index in [4.69, 9.17) is 4.74 Å². The fraction of sp³-hybridized carbons (Fsp3) is 0.273. The van der Waals surface area contributed by atoms with E-state index in [9.17, 15) is 24.3 Å². The number of esters is 1. The van der Waals surface area contributed by atoms with Crippen LogP contribution in [0.3, 0.4) is 0 Å². The largest absolute Gasteiger partial charge is 0.465 e. The van der Waals surface area contributed by atoms with E-state index >= 15 is 0 Å². The van der Waals surface area contributed by atoms with Crippen LogP contribution >= 0.6 is 0 Å². The first-order chi connectivity index (χ1) is 13.4. The zero-order valence-corrected chi connectivity index (χ0v) is 15.5. The van der Waals surface area contributed by atoms with Crippen molar-refractivity contribution < 1.29 is 29.0 Å². The molecule has 6 heteroatoms. The number of fused-ring (bicyclic) bond motifs is 1. The minimum atomic E-state index is -2.30. The average molecular weight is 380 g/mol. The van der Waals surface area contributed by atoms with E-state index in [0.717, 1.165) is 6.92 Å². The van der Waals surface area contributed by atoms with Crippen molar-refractivity contribution in [3.05, 3.63) is 71.3 Å². The predicted molar refractivity (Wildman–Crippen MR) is 99.7 cm³/mol. The molecule has 0 bridgehead atoms. The fourth-order valence-electron chi connectivity index (χ4n) is 3.89. The van der Waals surface area contributed by atoms with Gasteiger partial charge in [-0.2, -0.15) is 0 Å². The van der Waals surface area contributed by atoms with Gasteiger partial charge in [-0.15, -0.1) is 0 Å². The highest BCUT2D eigenvalue weighted by Gasteiger charge is 2.66. The molecule has 0 saturated heterocycles. The number of aliphatic hydroxyl groups is 1. The molecule has 0 saturated carbocycles. The van der Waals surface area contributed by atoms with E-state index in [1.807, 2.05) is 0 Å². The predicted octanol–water partition coefficient (Wildman–Crippen LogP) is 2.55. The third-order valence-electron chi connectivity index (χ3n) is 5.10. The highest BCUT2D eigenvalue weighted by atomic mass is 16.5. The number of carbonyl (C=O) groups excluding carboxylic acids is 4. The highest BCUT2D eigenvalue weighted by Crippen LogP contribution is 2.51. The van der Waals surface area contributed by atoms with Gasteiger partial charge in [0.2, 0.25) is 0 Å². The number of Topliss-reactive ketones (excluding diaryl/α,β-unsaturated/α-hetero) is 3. The molecule has 0 aliphatic heterocycles. The van der Waals surface area contributed by atoms with Crippen LogP contribution in [0.1, 0.15) is 46.2 Å². The second-order valence-corrected chi connectivity index (χ2v) is 6.68. The van der Waals surface area contributed by atoms with Crippen LogP contribution in [-0.4, -0.2) is 35.0 Å². The molecular weight excluding hydrogens is 360 g/mol. The zero-order chi connectivity index (χ0) is 20.5. The number of aliphatic hydroxyl groups excluding tert-OH is 1.